The van der Waals surface area contributed by atoms with Crippen LogP contribution in [0.15, 0.2) is 40.6 Å². The maximum absolute atomic E-state index is 12.8. The van der Waals surface area contributed by atoms with Gasteiger partial charge < -0.3 is 15.0 Å². The van der Waals surface area contributed by atoms with Crippen molar-refractivity contribution >= 4 is 33.0 Å². The molecule has 1 amide bonds. The molecule has 152 valence electrons. The number of ether oxygens (including phenoxy) is 1. The van der Waals surface area contributed by atoms with E-state index in [0.717, 1.165) is 23.7 Å². The van der Waals surface area contributed by atoms with Gasteiger partial charge in [0, 0.05) is 25.5 Å². The van der Waals surface area contributed by atoms with Gasteiger partial charge in [-0.2, -0.15) is 0 Å². The van der Waals surface area contributed by atoms with Crippen LogP contribution in [0.2, 0.25) is 0 Å². The number of nitrogens with zero attached hydrogens (tertiary/aromatic N) is 2. The van der Waals surface area contributed by atoms with Crippen molar-refractivity contribution in [1.29, 1.82) is 0 Å². The van der Waals surface area contributed by atoms with Crippen molar-refractivity contribution in [3.8, 4) is 5.75 Å². The van der Waals surface area contributed by atoms with Gasteiger partial charge >= 0.3 is 0 Å². The molecule has 0 radical (unpaired) electrons. The molecule has 1 fully saturated rings. The Balaban J connectivity index is 1.75. The third kappa shape index (κ3) is 4.16. The molecule has 1 atom stereocenters. The number of amides is 1. The summed E-state index contributed by atoms with van der Waals surface area (Å²) in [4.78, 5) is 16.1. The quantitative estimate of drug-likeness (QED) is 0.741. The van der Waals surface area contributed by atoms with Crippen LogP contribution in [0.4, 0.5) is 5.69 Å². The van der Waals surface area contributed by atoms with Crippen LogP contribution >= 0.6 is 11.3 Å². The number of rotatable bonds is 7. The SMILES string of the molecule is COc1ccc(S(=O)(=O)N(C)C)cc1NCC(=O)N1CCCC1c1cccs1. The van der Waals surface area contributed by atoms with Crippen molar-refractivity contribution in [1.82, 2.24) is 9.21 Å². The van der Waals surface area contributed by atoms with Gasteiger partial charge in [-0.15, -0.1) is 11.3 Å². The predicted molar refractivity (Wildman–Crippen MR) is 110 cm³/mol. The van der Waals surface area contributed by atoms with Gasteiger partial charge in [-0.05, 0) is 42.5 Å². The Morgan fingerprint density at radius 1 is 1.36 bits per heavy atom. The van der Waals surface area contributed by atoms with Crippen molar-refractivity contribution in [2.45, 2.75) is 23.8 Å². The molecule has 1 saturated heterocycles. The highest BCUT2D eigenvalue weighted by Gasteiger charge is 2.30. The molecule has 1 aromatic heterocycles. The summed E-state index contributed by atoms with van der Waals surface area (Å²) in [6.45, 7) is 0.805. The maximum Gasteiger partial charge on any atom is 0.242 e. The fourth-order valence-electron chi connectivity index (χ4n) is 3.31. The topological polar surface area (TPSA) is 79.0 Å². The standard InChI is InChI=1S/C19H25N3O4S2/c1-21(2)28(24,25)14-8-9-17(26-3)15(12-14)20-13-19(23)22-10-4-6-16(22)18-7-5-11-27-18/h5,7-9,11-12,16,20H,4,6,10,13H2,1-3H3. The highest BCUT2D eigenvalue weighted by Crippen LogP contribution is 2.35. The normalized spacial score (nSPS) is 17.1. The number of hydrogen-bond donors (Lipinski definition) is 1. The Morgan fingerprint density at radius 2 is 2.14 bits per heavy atom. The predicted octanol–water partition coefficient (Wildman–Crippen LogP) is 2.78. The van der Waals surface area contributed by atoms with Crippen molar-refractivity contribution in [2.75, 3.05) is 39.6 Å². The lowest BCUT2D eigenvalue weighted by molar-refractivity contribution is -0.130. The number of thiophene rings is 1. The van der Waals surface area contributed by atoms with Crippen LogP contribution in [0.25, 0.3) is 0 Å². The summed E-state index contributed by atoms with van der Waals surface area (Å²) >= 11 is 1.66. The summed E-state index contributed by atoms with van der Waals surface area (Å²) in [6.07, 6.45) is 1.94. The van der Waals surface area contributed by atoms with Crippen molar-refractivity contribution in [2.24, 2.45) is 0 Å². The van der Waals surface area contributed by atoms with Crippen molar-refractivity contribution < 1.29 is 17.9 Å². The second-order valence-electron chi connectivity index (χ2n) is 6.76. The van der Waals surface area contributed by atoms with Gasteiger partial charge in [0.1, 0.15) is 5.75 Å². The first-order valence-corrected chi connectivity index (χ1v) is 11.3. The molecule has 0 saturated carbocycles. The molecule has 2 heterocycles. The van der Waals surface area contributed by atoms with E-state index in [9.17, 15) is 13.2 Å². The second kappa shape index (κ2) is 8.50. The summed E-state index contributed by atoms with van der Waals surface area (Å²) in [7, 11) is 0.897. The van der Waals surface area contributed by atoms with E-state index < -0.39 is 10.0 Å². The molecule has 1 unspecified atom stereocenters. The average Bonchev–Trinajstić information content (AvgIpc) is 3.36. The van der Waals surface area contributed by atoms with Crippen LogP contribution in [0.1, 0.15) is 23.8 Å². The summed E-state index contributed by atoms with van der Waals surface area (Å²) in [5, 5.41) is 5.09. The van der Waals surface area contributed by atoms with Gasteiger partial charge in [-0.3, -0.25) is 4.79 Å². The number of hydrogen-bond acceptors (Lipinski definition) is 6. The number of sulfonamides is 1. The first kappa shape index (κ1) is 20.6. The molecule has 0 bridgehead atoms. The van der Waals surface area contributed by atoms with Crippen LogP contribution in [0, 0.1) is 0 Å². The van der Waals surface area contributed by atoms with E-state index >= 15 is 0 Å². The number of carbonyl (C=O) groups is 1. The molecule has 1 aliphatic heterocycles. The Hall–Kier alpha value is -2.10. The van der Waals surface area contributed by atoms with Crippen molar-refractivity contribution in [3.05, 3.63) is 40.6 Å². The summed E-state index contributed by atoms with van der Waals surface area (Å²) in [5.41, 5.74) is 0.477. The third-order valence-electron chi connectivity index (χ3n) is 4.82. The molecule has 9 heteroatoms. The Labute approximate surface area is 170 Å². The fourth-order valence-corrected chi connectivity index (χ4v) is 5.11. The summed E-state index contributed by atoms with van der Waals surface area (Å²) in [6, 6.07) is 8.77. The number of likely N-dealkylation sites (tertiary alicyclic amines) is 1. The Kier molecular flexibility index (Phi) is 6.26. The fraction of sp³-hybridized carbons (Fsp3) is 0.421. The van der Waals surface area contributed by atoms with Gasteiger partial charge in [0.25, 0.3) is 0 Å². The number of carbonyl (C=O) groups excluding carboxylic acids is 1. The van der Waals surface area contributed by atoms with E-state index in [4.69, 9.17) is 4.74 Å². The minimum Gasteiger partial charge on any atom is -0.495 e. The minimum absolute atomic E-state index is 0.0150. The van der Waals surface area contributed by atoms with E-state index in [1.807, 2.05) is 16.3 Å². The summed E-state index contributed by atoms with van der Waals surface area (Å²) < 4.78 is 31.2. The molecule has 1 aromatic carbocycles. The van der Waals surface area contributed by atoms with Gasteiger partial charge in [0.15, 0.2) is 0 Å². The van der Waals surface area contributed by atoms with Gasteiger partial charge in [-0.25, -0.2) is 12.7 Å². The average molecular weight is 424 g/mol. The van der Waals surface area contributed by atoms with Crippen LogP contribution in [-0.4, -0.2) is 57.8 Å². The van der Waals surface area contributed by atoms with E-state index in [0.29, 0.717) is 11.4 Å². The lowest BCUT2D eigenvalue weighted by Crippen LogP contribution is -2.35. The molecule has 2 aromatic rings. The number of anilines is 1. The van der Waals surface area contributed by atoms with Gasteiger partial charge in [0.2, 0.25) is 15.9 Å². The van der Waals surface area contributed by atoms with Crippen LogP contribution in [-0.2, 0) is 14.8 Å². The molecular weight excluding hydrogens is 398 g/mol. The van der Waals surface area contributed by atoms with Crippen LogP contribution in [0.3, 0.4) is 0 Å². The zero-order valence-corrected chi connectivity index (χ0v) is 17.8. The number of methoxy groups -OCH3 is 1. The lowest BCUT2D eigenvalue weighted by Gasteiger charge is -2.24. The molecule has 0 aliphatic carbocycles. The third-order valence-corrected chi connectivity index (χ3v) is 7.61. The zero-order valence-electron chi connectivity index (χ0n) is 16.2. The molecule has 28 heavy (non-hydrogen) atoms. The maximum atomic E-state index is 12.8. The second-order valence-corrected chi connectivity index (χ2v) is 9.89. The van der Waals surface area contributed by atoms with Gasteiger partial charge in [0.05, 0.1) is 30.3 Å². The minimum atomic E-state index is -3.57. The Morgan fingerprint density at radius 3 is 2.79 bits per heavy atom. The van der Waals surface area contributed by atoms with Crippen LogP contribution in [0.5, 0.6) is 5.75 Å². The molecule has 1 N–H and O–H groups in total. The van der Waals surface area contributed by atoms with E-state index in [2.05, 4.69) is 11.4 Å². The monoisotopic (exact) mass is 423 g/mol. The number of benzene rings is 1. The largest absolute Gasteiger partial charge is 0.495 e. The van der Waals surface area contributed by atoms with Gasteiger partial charge in [-0.1, -0.05) is 6.07 Å². The van der Waals surface area contributed by atoms with Crippen molar-refractivity contribution in [3.63, 3.8) is 0 Å². The molecule has 1 aliphatic rings. The van der Waals surface area contributed by atoms with Crippen LogP contribution < -0.4 is 10.1 Å². The van der Waals surface area contributed by atoms with E-state index in [1.54, 1.807) is 17.4 Å². The van der Waals surface area contributed by atoms with E-state index in [1.165, 1.54) is 38.2 Å². The first-order chi connectivity index (χ1) is 13.3. The van der Waals surface area contributed by atoms with E-state index in [-0.39, 0.29) is 23.4 Å². The highest BCUT2D eigenvalue weighted by molar-refractivity contribution is 7.89. The summed E-state index contributed by atoms with van der Waals surface area (Å²) in [5.74, 6) is 0.473. The molecule has 0 spiro atoms. The molecule has 7 nitrogen and oxygen atoms in total. The first-order valence-electron chi connectivity index (χ1n) is 9.02. The lowest BCUT2D eigenvalue weighted by atomic mass is 10.2. The highest BCUT2D eigenvalue weighted by atomic mass is 32.2. The smallest absolute Gasteiger partial charge is 0.242 e. The molecule has 3 rings (SSSR count). The molecular formula is C19H25N3O4S2. The Bertz CT molecular complexity index is 927. The zero-order chi connectivity index (χ0) is 20.3. The number of nitrogens with one attached hydrogen (secondary N) is 1.